The minimum atomic E-state index is -0.845. The van der Waals surface area contributed by atoms with E-state index < -0.39 is 23.8 Å². The van der Waals surface area contributed by atoms with Crippen molar-refractivity contribution < 1.29 is 19.1 Å². The Bertz CT molecular complexity index is 868. The van der Waals surface area contributed by atoms with Crippen LogP contribution in [0.3, 0.4) is 0 Å². The molecule has 0 saturated carbocycles. The van der Waals surface area contributed by atoms with Gasteiger partial charge in [-0.2, -0.15) is 0 Å². The molecule has 2 aromatic carbocycles. The summed E-state index contributed by atoms with van der Waals surface area (Å²) in [5.74, 6) is -1.17. The third-order valence-electron chi connectivity index (χ3n) is 4.07. The molecule has 0 aliphatic carbocycles. The molecule has 0 unspecified atom stereocenters. The van der Waals surface area contributed by atoms with Gasteiger partial charge in [-0.15, -0.1) is 0 Å². The van der Waals surface area contributed by atoms with Gasteiger partial charge in [0.1, 0.15) is 11.8 Å². The van der Waals surface area contributed by atoms with E-state index in [2.05, 4.69) is 32.1 Å². The number of ether oxygens (including phenoxy) is 1. The van der Waals surface area contributed by atoms with Gasteiger partial charge >= 0.3 is 0 Å². The molecule has 29 heavy (non-hydrogen) atoms. The summed E-state index contributed by atoms with van der Waals surface area (Å²) in [6, 6.07) is 12.7. The van der Waals surface area contributed by atoms with Gasteiger partial charge in [0.2, 0.25) is 0 Å². The van der Waals surface area contributed by atoms with E-state index in [4.69, 9.17) is 4.74 Å². The van der Waals surface area contributed by atoms with Crippen LogP contribution in [0, 0.1) is 5.92 Å². The second-order valence-electron chi connectivity index (χ2n) is 6.57. The average molecular weight is 462 g/mol. The van der Waals surface area contributed by atoms with Crippen molar-refractivity contribution in [2.45, 2.75) is 26.8 Å². The van der Waals surface area contributed by atoms with Gasteiger partial charge in [0.15, 0.2) is 0 Å². The quantitative estimate of drug-likeness (QED) is 0.551. The molecule has 2 rings (SSSR count). The van der Waals surface area contributed by atoms with Gasteiger partial charge in [0.25, 0.3) is 17.7 Å². The lowest BCUT2D eigenvalue weighted by Crippen LogP contribution is -2.54. The lowest BCUT2D eigenvalue weighted by atomic mass is 10.0. The van der Waals surface area contributed by atoms with E-state index in [1.807, 2.05) is 6.92 Å². The second kappa shape index (κ2) is 10.6. The lowest BCUT2D eigenvalue weighted by Gasteiger charge is -2.22. The smallest absolute Gasteiger partial charge is 0.269 e. The molecule has 2 aromatic rings. The number of hydrazine groups is 1. The highest BCUT2D eigenvalue weighted by Crippen LogP contribution is 2.18. The van der Waals surface area contributed by atoms with Crippen molar-refractivity contribution in [3.63, 3.8) is 0 Å². The first-order valence-corrected chi connectivity index (χ1v) is 10.0. The van der Waals surface area contributed by atoms with Crippen molar-refractivity contribution in [1.29, 1.82) is 0 Å². The van der Waals surface area contributed by atoms with Crippen LogP contribution in [0.25, 0.3) is 0 Å². The van der Waals surface area contributed by atoms with Gasteiger partial charge in [-0.1, -0.05) is 41.9 Å². The molecular weight excluding hydrogens is 438 g/mol. The number of hydrogen-bond acceptors (Lipinski definition) is 4. The molecule has 3 N–H and O–H groups in total. The van der Waals surface area contributed by atoms with Crippen molar-refractivity contribution in [2.24, 2.45) is 5.92 Å². The van der Waals surface area contributed by atoms with Gasteiger partial charge in [-0.25, -0.2) is 0 Å². The molecule has 0 radical (unpaired) electrons. The van der Waals surface area contributed by atoms with Gasteiger partial charge in [0.05, 0.1) is 12.2 Å². The molecule has 154 valence electrons. The molecule has 0 aliphatic rings. The molecule has 3 amide bonds. The molecule has 0 fully saturated rings. The van der Waals surface area contributed by atoms with Crippen molar-refractivity contribution in [1.82, 2.24) is 16.2 Å². The Labute approximate surface area is 178 Å². The molecule has 0 heterocycles. The fourth-order valence-corrected chi connectivity index (χ4v) is 2.82. The number of carbonyl (C=O) groups is 3. The Kier molecular flexibility index (Phi) is 8.21. The number of halogens is 1. The Morgan fingerprint density at radius 2 is 1.62 bits per heavy atom. The number of nitrogens with one attached hydrogen (secondary N) is 3. The maximum atomic E-state index is 12.7. The standard InChI is InChI=1S/C21H24BrN3O4/c1-4-29-17-8-6-5-7-16(17)20(27)23-18(13(2)3)21(28)25-24-19(26)14-9-11-15(22)12-10-14/h5-13,18H,4H2,1-3H3,(H,23,27)(H,24,26)(H,25,28)/t18-/m0/s1. The zero-order valence-electron chi connectivity index (χ0n) is 16.5. The van der Waals surface area contributed by atoms with Gasteiger partial charge in [0, 0.05) is 10.0 Å². The zero-order valence-corrected chi connectivity index (χ0v) is 18.1. The lowest BCUT2D eigenvalue weighted by molar-refractivity contribution is -0.124. The van der Waals surface area contributed by atoms with E-state index in [9.17, 15) is 14.4 Å². The Hall–Kier alpha value is -2.87. The number of para-hydroxylation sites is 1. The summed E-state index contributed by atoms with van der Waals surface area (Å²) < 4.78 is 6.32. The predicted octanol–water partition coefficient (Wildman–Crippen LogP) is 3.06. The molecule has 0 spiro atoms. The number of amides is 3. The molecule has 0 aromatic heterocycles. The normalized spacial score (nSPS) is 11.5. The summed E-state index contributed by atoms with van der Waals surface area (Å²) in [5.41, 5.74) is 5.48. The van der Waals surface area contributed by atoms with E-state index in [1.165, 1.54) is 0 Å². The third-order valence-corrected chi connectivity index (χ3v) is 4.60. The highest BCUT2D eigenvalue weighted by atomic mass is 79.9. The first-order chi connectivity index (χ1) is 13.8. The number of rotatable bonds is 7. The molecule has 8 heteroatoms. The fourth-order valence-electron chi connectivity index (χ4n) is 2.56. The van der Waals surface area contributed by atoms with Crippen molar-refractivity contribution in [3.05, 3.63) is 64.1 Å². The summed E-state index contributed by atoms with van der Waals surface area (Å²) in [5, 5.41) is 2.71. The van der Waals surface area contributed by atoms with Crippen molar-refractivity contribution in [3.8, 4) is 5.75 Å². The van der Waals surface area contributed by atoms with Crippen LogP contribution in [-0.2, 0) is 4.79 Å². The zero-order chi connectivity index (χ0) is 21.4. The van der Waals surface area contributed by atoms with Crippen molar-refractivity contribution >= 4 is 33.7 Å². The first kappa shape index (κ1) is 22.4. The molecule has 0 saturated heterocycles. The fraction of sp³-hybridized carbons (Fsp3) is 0.286. The molecule has 1 atom stereocenters. The summed E-state index contributed by atoms with van der Waals surface area (Å²) in [6.45, 7) is 5.85. The first-order valence-electron chi connectivity index (χ1n) is 9.22. The summed E-state index contributed by atoms with van der Waals surface area (Å²) in [4.78, 5) is 37.4. The largest absolute Gasteiger partial charge is 0.493 e. The Morgan fingerprint density at radius 1 is 0.966 bits per heavy atom. The summed E-state index contributed by atoms with van der Waals surface area (Å²) in [7, 11) is 0. The van der Waals surface area contributed by atoms with Crippen LogP contribution in [0.2, 0.25) is 0 Å². The van der Waals surface area contributed by atoms with Crippen LogP contribution < -0.4 is 20.9 Å². The van der Waals surface area contributed by atoms with Gasteiger partial charge in [-0.05, 0) is 49.2 Å². The van der Waals surface area contributed by atoms with E-state index in [0.717, 1.165) is 4.47 Å². The Morgan fingerprint density at radius 3 is 2.24 bits per heavy atom. The molecule has 0 aliphatic heterocycles. The van der Waals surface area contributed by atoms with Gasteiger partial charge in [-0.3, -0.25) is 25.2 Å². The van der Waals surface area contributed by atoms with Crippen molar-refractivity contribution in [2.75, 3.05) is 6.61 Å². The van der Waals surface area contributed by atoms with Crippen LogP contribution >= 0.6 is 15.9 Å². The molecular formula is C21H24BrN3O4. The van der Waals surface area contributed by atoms with Crippen LogP contribution in [0.15, 0.2) is 53.0 Å². The van der Waals surface area contributed by atoms with Crippen LogP contribution in [0.4, 0.5) is 0 Å². The van der Waals surface area contributed by atoms with Crippen LogP contribution in [0.1, 0.15) is 41.5 Å². The third kappa shape index (κ3) is 6.32. The SMILES string of the molecule is CCOc1ccccc1C(=O)N[C@H](C(=O)NNC(=O)c1ccc(Br)cc1)C(C)C. The highest BCUT2D eigenvalue weighted by molar-refractivity contribution is 9.10. The highest BCUT2D eigenvalue weighted by Gasteiger charge is 2.26. The number of benzene rings is 2. The predicted molar refractivity (Wildman–Crippen MR) is 113 cm³/mol. The van der Waals surface area contributed by atoms with Crippen LogP contribution in [0.5, 0.6) is 5.75 Å². The maximum Gasteiger partial charge on any atom is 0.269 e. The van der Waals surface area contributed by atoms with E-state index in [1.54, 1.807) is 62.4 Å². The van der Waals surface area contributed by atoms with E-state index in [-0.39, 0.29) is 5.92 Å². The minimum Gasteiger partial charge on any atom is -0.493 e. The molecule has 0 bridgehead atoms. The van der Waals surface area contributed by atoms with Gasteiger partial charge < -0.3 is 10.1 Å². The van der Waals surface area contributed by atoms with E-state index >= 15 is 0 Å². The average Bonchev–Trinajstić information content (AvgIpc) is 2.70. The summed E-state index contributed by atoms with van der Waals surface area (Å²) in [6.07, 6.45) is 0. The minimum absolute atomic E-state index is 0.206. The number of carbonyl (C=O) groups excluding carboxylic acids is 3. The molecule has 7 nitrogen and oxygen atoms in total. The topological polar surface area (TPSA) is 96.5 Å². The second-order valence-corrected chi connectivity index (χ2v) is 7.49. The van der Waals surface area contributed by atoms with E-state index in [0.29, 0.717) is 23.5 Å². The van der Waals surface area contributed by atoms with Crippen LogP contribution in [-0.4, -0.2) is 30.4 Å². The monoisotopic (exact) mass is 461 g/mol. The number of hydrogen-bond donors (Lipinski definition) is 3. The maximum absolute atomic E-state index is 12.7. The summed E-state index contributed by atoms with van der Waals surface area (Å²) >= 11 is 3.30. The Balaban J connectivity index is 2.03.